The Morgan fingerprint density at radius 2 is 2.25 bits per heavy atom. The fourth-order valence-corrected chi connectivity index (χ4v) is 1.18. The van der Waals surface area contributed by atoms with Crippen molar-refractivity contribution in [2.24, 2.45) is 4.99 Å². The Labute approximate surface area is 71.6 Å². The van der Waals surface area contributed by atoms with Crippen molar-refractivity contribution in [3.8, 4) is 0 Å². The summed E-state index contributed by atoms with van der Waals surface area (Å²) in [6.07, 6.45) is 3.70. The summed E-state index contributed by atoms with van der Waals surface area (Å²) in [6, 6.07) is 0. The van der Waals surface area contributed by atoms with E-state index in [1.807, 2.05) is 12.4 Å². The van der Waals surface area contributed by atoms with E-state index in [1.165, 1.54) is 0 Å². The summed E-state index contributed by atoms with van der Waals surface area (Å²) in [5, 5.41) is 0. The summed E-state index contributed by atoms with van der Waals surface area (Å²) in [5.74, 6) is 1.30. The van der Waals surface area contributed by atoms with E-state index in [-0.39, 0.29) is 0 Å². The maximum atomic E-state index is 4.39. The highest BCUT2D eigenvalue weighted by Gasteiger charge is 2.10. The van der Waals surface area contributed by atoms with Gasteiger partial charge in [-0.05, 0) is 0 Å². The van der Waals surface area contributed by atoms with E-state index < -0.39 is 0 Å². The standard InChI is InChI=1S/C9H11N3/c1-6(2)9-11-4-7-3-10-5-8(7)12-9/h4-6H,3H2,1-2H3. The number of fused-ring (bicyclic) bond motifs is 1. The zero-order valence-corrected chi connectivity index (χ0v) is 7.28. The van der Waals surface area contributed by atoms with Gasteiger partial charge >= 0.3 is 0 Å². The first kappa shape index (κ1) is 7.40. The Balaban J connectivity index is 2.44. The van der Waals surface area contributed by atoms with Crippen LogP contribution in [0.15, 0.2) is 11.2 Å². The molecule has 2 heterocycles. The Morgan fingerprint density at radius 3 is 3.00 bits per heavy atom. The van der Waals surface area contributed by atoms with Crippen molar-refractivity contribution in [3.05, 3.63) is 23.3 Å². The van der Waals surface area contributed by atoms with Crippen LogP contribution in [-0.2, 0) is 6.54 Å². The van der Waals surface area contributed by atoms with Crippen LogP contribution in [0.3, 0.4) is 0 Å². The lowest BCUT2D eigenvalue weighted by molar-refractivity contribution is 0.768. The van der Waals surface area contributed by atoms with E-state index in [0.717, 1.165) is 23.6 Å². The first-order valence-electron chi connectivity index (χ1n) is 4.13. The summed E-state index contributed by atoms with van der Waals surface area (Å²) in [6.45, 7) is 4.93. The average molecular weight is 161 g/mol. The number of nitrogens with zero attached hydrogens (tertiary/aromatic N) is 3. The van der Waals surface area contributed by atoms with Gasteiger partial charge in [-0.25, -0.2) is 9.97 Å². The van der Waals surface area contributed by atoms with Crippen molar-refractivity contribution in [1.29, 1.82) is 0 Å². The summed E-state index contributed by atoms with van der Waals surface area (Å²) in [5.41, 5.74) is 2.13. The molecule has 0 aliphatic carbocycles. The third-order valence-electron chi connectivity index (χ3n) is 1.91. The lowest BCUT2D eigenvalue weighted by Gasteiger charge is -2.03. The zero-order valence-electron chi connectivity index (χ0n) is 7.28. The molecule has 0 amide bonds. The topological polar surface area (TPSA) is 38.1 Å². The lowest BCUT2D eigenvalue weighted by atomic mass is 10.2. The fourth-order valence-electron chi connectivity index (χ4n) is 1.18. The van der Waals surface area contributed by atoms with Crippen molar-refractivity contribution < 1.29 is 0 Å². The van der Waals surface area contributed by atoms with E-state index in [2.05, 4.69) is 28.8 Å². The maximum Gasteiger partial charge on any atom is 0.131 e. The van der Waals surface area contributed by atoms with Crippen LogP contribution in [0.4, 0.5) is 0 Å². The molecule has 1 aliphatic heterocycles. The molecule has 0 saturated carbocycles. The molecule has 0 aromatic carbocycles. The van der Waals surface area contributed by atoms with Gasteiger partial charge in [0.05, 0.1) is 12.2 Å². The predicted octanol–water partition coefficient (Wildman–Crippen LogP) is 1.53. The van der Waals surface area contributed by atoms with Gasteiger partial charge in [-0.1, -0.05) is 13.8 Å². The molecule has 2 rings (SSSR count). The summed E-state index contributed by atoms with van der Waals surface area (Å²) < 4.78 is 0. The van der Waals surface area contributed by atoms with Crippen LogP contribution in [-0.4, -0.2) is 16.2 Å². The van der Waals surface area contributed by atoms with Crippen molar-refractivity contribution in [1.82, 2.24) is 9.97 Å². The Bertz CT molecular complexity index is 329. The van der Waals surface area contributed by atoms with E-state index in [0.29, 0.717) is 5.92 Å². The van der Waals surface area contributed by atoms with E-state index in [9.17, 15) is 0 Å². The van der Waals surface area contributed by atoms with Crippen molar-refractivity contribution in [2.45, 2.75) is 26.3 Å². The number of rotatable bonds is 1. The molecule has 1 aliphatic rings. The van der Waals surface area contributed by atoms with Crippen LogP contribution < -0.4 is 0 Å². The van der Waals surface area contributed by atoms with Gasteiger partial charge in [-0.15, -0.1) is 0 Å². The van der Waals surface area contributed by atoms with Gasteiger partial charge in [-0.3, -0.25) is 4.99 Å². The molecule has 0 N–H and O–H groups in total. The van der Waals surface area contributed by atoms with Gasteiger partial charge in [0.25, 0.3) is 0 Å². The highest BCUT2D eigenvalue weighted by Crippen LogP contribution is 2.14. The minimum absolute atomic E-state index is 0.393. The highest BCUT2D eigenvalue weighted by atomic mass is 14.9. The number of aliphatic imine (C=N–C) groups is 1. The predicted molar refractivity (Wildman–Crippen MR) is 47.4 cm³/mol. The maximum absolute atomic E-state index is 4.39. The zero-order chi connectivity index (χ0) is 8.55. The monoisotopic (exact) mass is 161 g/mol. The number of aromatic nitrogens is 2. The lowest BCUT2D eigenvalue weighted by Crippen LogP contribution is -2.01. The molecule has 1 aromatic rings. The summed E-state index contributed by atoms with van der Waals surface area (Å²) >= 11 is 0. The Morgan fingerprint density at radius 1 is 1.42 bits per heavy atom. The van der Waals surface area contributed by atoms with E-state index in [1.54, 1.807) is 0 Å². The fraction of sp³-hybridized carbons (Fsp3) is 0.444. The largest absolute Gasteiger partial charge is 0.286 e. The van der Waals surface area contributed by atoms with Gasteiger partial charge in [-0.2, -0.15) is 0 Å². The number of hydrogen-bond donors (Lipinski definition) is 0. The first-order chi connectivity index (χ1) is 5.77. The summed E-state index contributed by atoms with van der Waals surface area (Å²) in [4.78, 5) is 12.8. The number of hydrogen-bond acceptors (Lipinski definition) is 3. The minimum Gasteiger partial charge on any atom is -0.286 e. The van der Waals surface area contributed by atoms with Crippen LogP contribution in [0.25, 0.3) is 0 Å². The van der Waals surface area contributed by atoms with Crippen molar-refractivity contribution >= 4 is 6.21 Å². The molecule has 62 valence electrons. The molecule has 0 fully saturated rings. The van der Waals surface area contributed by atoms with Gasteiger partial charge in [0, 0.05) is 23.9 Å². The molecule has 0 radical (unpaired) electrons. The molecule has 0 bridgehead atoms. The van der Waals surface area contributed by atoms with E-state index in [4.69, 9.17) is 0 Å². The van der Waals surface area contributed by atoms with E-state index >= 15 is 0 Å². The summed E-state index contributed by atoms with van der Waals surface area (Å²) in [7, 11) is 0. The second-order valence-electron chi connectivity index (χ2n) is 3.26. The molecule has 0 atom stereocenters. The molecule has 0 saturated heterocycles. The van der Waals surface area contributed by atoms with Gasteiger partial charge in [0.1, 0.15) is 5.82 Å². The Kier molecular flexibility index (Phi) is 1.64. The molecular formula is C9H11N3. The molecule has 0 spiro atoms. The van der Waals surface area contributed by atoms with Crippen LogP contribution in [0.2, 0.25) is 0 Å². The molecular weight excluding hydrogens is 150 g/mol. The van der Waals surface area contributed by atoms with Crippen LogP contribution >= 0.6 is 0 Å². The second kappa shape index (κ2) is 2.66. The van der Waals surface area contributed by atoms with Crippen LogP contribution in [0.1, 0.15) is 36.8 Å². The Hall–Kier alpha value is -1.25. The highest BCUT2D eigenvalue weighted by molar-refractivity contribution is 5.81. The van der Waals surface area contributed by atoms with Crippen molar-refractivity contribution in [2.75, 3.05) is 0 Å². The molecule has 0 unspecified atom stereocenters. The van der Waals surface area contributed by atoms with Crippen molar-refractivity contribution in [3.63, 3.8) is 0 Å². The first-order valence-corrected chi connectivity index (χ1v) is 4.13. The quantitative estimate of drug-likeness (QED) is 0.626. The molecule has 12 heavy (non-hydrogen) atoms. The van der Waals surface area contributed by atoms with Crippen LogP contribution in [0.5, 0.6) is 0 Å². The van der Waals surface area contributed by atoms with Gasteiger partial charge in [0.15, 0.2) is 0 Å². The minimum atomic E-state index is 0.393. The third-order valence-corrected chi connectivity index (χ3v) is 1.91. The molecule has 3 heteroatoms. The SMILES string of the molecule is CC(C)c1ncc2c(n1)C=NC2. The van der Waals surface area contributed by atoms with Crippen LogP contribution in [0, 0.1) is 0 Å². The van der Waals surface area contributed by atoms with Gasteiger partial charge < -0.3 is 0 Å². The third kappa shape index (κ3) is 1.11. The smallest absolute Gasteiger partial charge is 0.131 e. The van der Waals surface area contributed by atoms with Gasteiger partial charge in [0.2, 0.25) is 0 Å². The molecule has 1 aromatic heterocycles. The average Bonchev–Trinajstić information content (AvgIpc) is 2.49. The second-order valence-corrected chi connectivity index (χ2v) is 3.26. The normalized spacial score (nSPS) is 13.9. The molecule has 3 nitrogen and oxygen atoms in total.